The molecule has 2 unspecified atom stereocenters. The normalized spacial score (nSPS) is 28.8. The standard InChI is InChI=1S/C12H18O2/c1-5-7-9-10(12(9,3)4)11(13)14-8-6-2/h5-7,9-10H,2,8H2,1,3-4H3. The molecule has 2 atom stereocenters. The van der Waals surface area contributed by atoms with Gasteiger partial charge in [-0.25, -0.2) is 0 Å². The first-order valence-electron chi connectivity index (χ1n) is 4.96. The van der Waals surface area contributed by atoms with Crippen LogP contribution in [0.15, 0.2) is 24.8 Å². The van der Waals surface area contributed by atoms with Crippen LogP contribution >= 0.6 is 0 Å². The van der Waals surface area contributed by atoms with Gasteiger partial charge in [0.05, 0.1) is 5.92 Å². The summed E-state index contributed by atoms with van der Waals surface area (Å²) in [6.45, 7) is 9.99. The zero-order chi connectivity index (χ0) is 10.8. The molecule has 1 aliphatic rings. The van der Waals surface area contributed by atoms with E-state index in [0.29, 0.717) is 12.5 Å². The van der Waals surface area contributed by atoms with E-state index in [1.165, 1.54) is 0 Å². The van der Waals surface area contributed by atoms with Gasteiger partial charge in [-0.1, -0.05) is 38.7 Å². The molecule has 1 saturated carbocycles. The van der Waals surface area contributed by atoms with Crippen LogP contribution in [0.2, 0.25) is 0 Å². The zero-order valence-corrected chi connectivity index (χ0v) is 9.12. The topological polar surface area (TPSA) is 26.3 Å². The summed E-state index contributed by atoms with van der Waals surface area (Å²) in [5.41, 5.74) is 0.0603. The van der Waals surface area contributed by atoms with Crippen LogP contribution in [0, 0.1) is 17.3 Å². The molecule has 1 rings (SSSR count). The molecule has 0 saturated heterocycles. The van der Waals surface area contributed by atoms with Crippen LogP contribution in [-0.2, 0) is 9.53 Å². The van der Waals surface area contributed by atoms with Gasteiger partial charge < -0.3 is 4.74 Å². The Morgan fingerprint density at radius 3 is 2.71 bits per heavy atom. The van der Waals surface area contributed by atoms with Gasteiger partial charge in [0.1, 0.15) is 6.61 Å². The molecule has 0 N–H and O–H groups in total. The molecule has 0 bridgehead atoms. The van der Waals surface area contributed by atoms with Gasteiger partial charge in [-0.05, 0) is 18.3 Å². The summed E-state index contributed by atoms with van der Waals surface area (Å²) in [6, 6.07) is 0. The molecule has 14 heavy (non-hydrogen) atoms. The average Bonchev–Trinajstić information content (AvgIpc) is 2.65. The lowest BCUT2D eigenvalue weighted by Gasteiger charge is -2.02. The monoisotopic (exact) mass is 194 g/mol. The third-order valence-electron chi connectivity index (χ3n) is 2.91. The molecule has 2 heteroatoms. The van der Waals surface area contributed by atoms with Gasteiger partial charge in [-0.2, -0.15) is 0 Å². The van der Waals surface area contributed by atoms with E-state index in [1.54, 1.807) is 6.08 Å². The molecule has 0 aromatic heterocycles. The Hall–Kier alpha value is -1.05. The van der Waals surface area contributed by atoms with Crippen LogP contribution < -0.4 is 0 Å². The van der Waals surface area contributed by atoms with Crippen molar-refractivity contribution < 1.29 is 9.53 Å². The van der Waals surface area contributed by atoms with Crippen molar-refractivity contribution in [3.05, 3.63) is 24.8 Å². The largest absolute Gasteiger partial charge is 0.461 e. The van der Waals surface area contributed by atoms with Crippen molar-refractivity contribution in [2.24, 2.45) is 17.3 Å². The quantitative estimate of drug-likeness (QED) is 0.508. The van der Waals surface area contributed by atoms with Gasteiger partial charge in [0.25, 0.3) is 0 Å². The first-order chi connectivity index (χ1) is 6.55. The first-order valence-corrected chi connectivity index (χ1v) is 4.96. The van der Waals surface area contributed by atoms with Crippen molar-refractivity contribution >= 4 is 5.97 Å². The Morgan fingerprint density at radius 2 is 2.21 bits per heavy atom. The van der Waals surface area contributed by atoms with E-state index in [1.807, 2.05) is 13.0 Å². The van der Waals surface area contributed by atoms with Crippen molar-refractivity contribution in [2.45, 2.75) is 20.8 Å². The molecule has 0 aromatic rings. The average molecular weight is 194 g/mol. The summed E-state index contributed by atoms with van der Waals surface area (Å²) in [4.78, 5) is 11.6. The van der Waals surface area contributed by atoms with Crippen molar-refractivity contribution in [2.75, 3.05) is 6.61 Å². The lowest BCUT2D eigenvalue weighted by Crippen LogP contribution is -2.10. The highest BCUT2D eigenvalue weighted by molar-refractivity contribution is 5.78. The molecule has 2 nitrogen and oxygen atoms in total. The third-order valence-corrected chi connectivity index (χ3v) is 2.91. The Bertz CT molecular complexity index is 263. The second-order valence-electron chi connectivity index (χ2n) is 4.27. The highest BCUT2D eigenvalue weighted by atomic mass is 16.5. The number of ether oxygens (including phenoxy) is 1. The van der Waals surface area contributed by atoms with E-state index in [4.69, 9.17) is 4.74 Å². The lowest BCUT2D eigenvalue weighted by molar-refractivity contribution is -0.144. The van der Waals surface area contributed by atoms with E-state index < -0.39 is 0 Å². The summed E-state index contributed by atoms with van der Waals surface area (Å²) in [7, 11) is 0. The smallest absolute Gasteiger partial charge is 0.310 e. The fourth-order valence-corrected chi connectivity index (χ4v) is 1.93. The summed E-state index contributed by atoms with van der Waals surface area (Å²) < 4.78 is 5.04. The molecule has 0 aromatic carbocycles. The maximum absolute atomic E-state index is 11.6. The van der Waals surface area contributed by atoms with Gasteiger partial charge in [0.15, 0.2) is 0 Å². The van der Waals surface area contributed by atoms with Crippen LogP contribution in [0.25, 0.3) is 0 Å². The Kier molecular flexibility index (Phi) is 3.14. The van der Waals surface area contributed by atoms with Crippen molar-refractivity contribution in [3.63, 3.8) is 0 Å². The van der Waals surface area contributed by atoms with Crippen molar-refractivity contribution in [1.82, 2.24) is 0 Å². The van der Waals surface area contributed by atoms with Gasteiger partial charge in [0.2, 0.25) is 0 Å². The van der Waals surface area contributed by atoms with Crippen LogP contribution in [0.4, 0.5) is 0 Å². The van der Waals surface area contributed by atoms with Crippen molar-refractivity contribution in [3.8, 4) is 0 Å². The Labute approximate surface area is 85.6 Å². The number of hydrogen-bond acceptors (Lipinski definition) is 2. The Balaban J connectivity index is 2.54. The van der Waals surface area contributed by atoms with Gasteiger partial charge in [-0.15, -0.1) is 0 Å². The number of carbonyl (C=O) groups excluding carboxylic acids is 1. The number of esters is 1. The molecular formula is C12H18O2. The molecule has 1 fully saturated rings. The molecule has 0 aliphatic heterocycles. The minimum atomic E-state index is -0.0991. The number of hydrogen-bond donors (Lipinski definition) is 0. The predicted molar refractivity (Wildman–Crippen MR) is 56.7 cm³/mol. The van der Waals surface area contributed by atoms with Crippen LogP contribution in [-0.4, -0.2) is 12.6 Å². The second kappa shape index (κ2) is 3.99. The fraction of sp³-hybridized carbons (Fsp3) is 0.583. The van der Waals surface area contributed by atoms with E-state index in [0.717, 1.165) is 0 Å². The lowest BCUT2D eigenvalue weighted by atomic mass is 10.1. The fourth-order valence-electron chi connectivity index (χ4n) is 1.93. The van der Waals surface area contributed by atoms with Gasteiger partial charge in [-0.3, -0.25) is 4.79 Å². The highest BCUT2D eigenvalue weighted by Crippen LogP contribution is 2.59. The van der Waals surface area contributed by atoms with Crippen LogP contribution in [0.1, 0.15) is 20.8 Å². The second-order valence-corrected chi connectivity index (χ2v) is 4.27. The van der Waals surface area contributed by atoms with Crippen LogP contribution in [0.3, 0.4) is 0 Å². The maximum atomic E-state index is 11.6. The molecule has 0 spiro atoms. The minimum absolute atomic E-state index is 0.0265. The van der Waals surface area contributed by atoms with Gasteiger partial charge in [0, 0.05) is 0 Å². The predicted octanol–water partition coefficient (Wildman–Crippen LogP) is 2.56. The molecule has 0 amide bonds. The number of allylic oxidation sites excluding steroid dienone is 2. The molecule has 1 aliphatic carbocycles. The summed E-state index contributed by atoms with van der Waals surface area (Å²) >= 11 is 0. The molecule has 0 heterocycles. The molecule has 0 radical (unpaired) electrons. The number of rotatable bonds is 4. The summed E-state index contributed by atoms with van der Waals surface area (Å²) in [6.07, 6.45) is 5.67. The SMILES string of the molecule is C=CCOC(=O)C1C(C=CC)C1(C)C. The van der Waals surface area contributed by atoms with Gasteiger partial charge >= 0.3 is 5.97 Å². The van der Waals surface area contributed by atoms with Crippen LogP contribution in [0.5, 0.6) is 0 Å². The summed E-state index contributed by atoms with van der Waals surface area (Å²) in [5, 5.41) is 0. The summed E-state index contributed by atoms with van der Waals surface area (Å²) in [5.74, 6) is 0.265. The van der Waals surface area contributed by atoms with Crippen molar-refractivity contribution in [1.29, 1.82) is 0 Å². The maximum Gasteiger partial charge on any atom is 0.310 e. The zero-order valence-electron chi connectivity index (χ0n) is 9.12. The molecular weight excluding hydrogens is 176 g/mol. The Morgan fingerprint density at radius 1 is 1.57 bits per heavy atom. The minimum Gasteiger partial charge on any atom is -0.461 e. The van der Waals surface area contributed by atoms with E-state index in [2.05, 4.69) is 26.5 Å². The van der Waals surface area contributed by atoms with E-state index in [9.17, 15) is 4.79 Å². The van der Waals surface area contributed by atoms with E-state index in [-0.39, 0.29) is 17.3 Å². The third kappa shape index (κ3) is 1.89. The molecule has 78 valence electrons. The first kappa shape index (κ1) is 11.0. The highest BCUT2D eigenvalue weighted by Gasteiger charge is 2.61. The van der Waals surface area contributed by atoms with E-state index >= 15 is 0 Å². The number of carbonyl (C=O) groups is 1.